The third-order valence-electron chi connectivity index (χ3n) is 3.05. The van der Waals surface area contributed by atoms with E-state index in [-0.39, 0.29) is 22.4 Å². The lowest BCUT2D eigenvalue weighted by Gasteiger charge is -2.26. The van der Waals surface area contributed by atoms with Crippen LogP contribution in [0.4, 0.5) is 16.2 Å². The highest BCUT2D eigenvalue weighted by molar-refractivity contribution is 6.33. The highest BCUT2D eigenvalue weighted by atomic mass is 35.5. The number of rotatable bonds is 2. The van der Waals surface area contributed by atoms with Crippen LogP contribution in [0.2, 0.25) is 5.02 Å². The number of carbonyl (C=O) groups excluding carboxylic acids is 1. The number of hydrogen-bond donors (Lipinski definition) is 1. The molecule has 1 aliphatic rings. The molecule has 0 aliphatic carbocycles. The molecule has 1 aromatic carbocycles. The third-order valence-corrected chi connectivity index (χ3v) is 3.38. The second kappa shape index (κ2) is 5.88. The lowest BCUT2D eigenvalue weighted by Crippen LogP contribution is -2.38. The van der Waals surface area contributed by atoms with Crippen LogP contribution in [0.1, 0.15) is 19.3 Å². The van der Waals surface area contributed by atoms with Crippen LogP contribution in [0.5, 0.6) is 0 Å². The van der Waals surface area contributed by atoms with Gasteiger partial charge in [0.2, 0.25) is 0 Å². The van der Waals surface area contributed by atoms with Gasteiger partial charge in [-0.1, -0.05) is 11.6 Å². The van der Waals surface area contributed by atoms with Gasteiger partial charge in [0.1, 0.15) is 0 Å². The van der Waals surface area contributed by atoms with E-state index in [0.29, 0.717) is 13.1 Å². The van der Waals surface area contributed by atoms with Gasteiger partial charge in [-0.05, 0) is 25.3 Å². The molecular formula is C12H14ClN3O3. The van der Waals surface area contributed by atoms with Gasteiger partial charge in [0.15, 0.2) is 0 Å². The predicted octanol–water partition coefficient (Wildman–Crippen LogP) is 3.27. The number of urea groups is 1. The zero-order chi connectivity index (χ0) is 13.8. The van der Waals surface area contributed by atoms with Gasteiger partial charge in [0, 0.05) is 25.2 Å². The maximum absolute atomic E-state index is 12.0. The van der Waals surface area contributed by atoms with Gasteiger partial charge in [0.25, 0.3) is 5.69 Å². The van der Waals surface area contributed by atoms with Crippen molar-refractivity contribution < 1.29 is 9.72 Å². The molecular weight excluding hydrogens is 270 g/mol. The summed E-state index contributed by atoms with van der Waals surface area (Å²) in [5, 5.41) is 13.6. The number of nitrogens with one attached hydrogen (secondary N) is 1. The van der Waals surface area contributed by atoms with E-state index in [1.807, 2.05) is 0 Å². The molecule has 7 heteroatoms. The molecule has 0 aromatic heterocycles. The van der Waals surface area contributed by atoms with Crippen LogP contribution in [0.25, 0.3) is 0 Å². The van der Waals surface area contributed by atoms with Gasteiger partial charge < -0.3 is 10.2 Å². The molecule has 1 fully saturated rings. The first-order valence-corrected chi connectivity index (χ1v) is 6.45. The standard InChI is InChI=1S/C12H14ClN3O3/c13-10-5-4-9(16(18)19)8-11(10)14-12(17)15-6-2-1-3-7-15/h4-5,8H,1-3,6-7H2,(H,14,17). The van der Waals surface area contributed by atoms with Crippen molar-refractivity contribution in [1.82, 2.24) is 4.90 Å². The average molecular weight is 284 g/mol. The molecule has 0 radical (unpaired) electrons. The Labute approximate surface area is 115 Å². The van der Waals surface area contributed by atoms with Gasteiger partial charge in [-0.25, -0.2) is 4.79 Å². The summed E-state index contributed by atoms with van der Waals surface area (Å²) >= 11 is 5.93. The molecule has 1 N–H and O–H groups in total. The van der Waals surface area contributed by atoms with E-state index in [4.69, 9.17) is 11.6 Å². The molecule has 1 heterocycles. The van der Waals surface area contributed by atoms with Crippen molar-refractivity contribution in [1.29, 1.82) is 0 Å². The molecule has 1 saturated heterocycles. The quantitative estimate of drug-likeness (QED) is 0.668. The molecule has 0 spiro atoms. The maximum atomic E-state index is 12.0. The van der Waals surface area contributed by atoms with Crippen LogP contribution >= 0.6 is 11.6 Å². The summed E-state index contributed by atoms with van der Waals surface area (Å²) in [7, 11) is 0. The first-order chi connectivity index (χ1) is 9.08. The van der Waals surface area contributed by atoms with Gasteiger partial charge in [-0.2, -0.15) is 0 Å². The fourth-order valence-corrected chi connectivity index (χ4v) is 2.18. The van der Waals surface area contributed by atoms with E-state index < -0.39 is 4.92 Å². The molecule has 0 unspecified atom stereocenters. The van der Waals surface area contributed by atoms with Crippen LogP contribution in [-0.2, 0) is 0 Å². The predicted molar refractivity (Wildman–Crippen MR) is 72.5 cm³/mol. The molecule has 0 bridgehead atoms. The van der Waals surface area contributed by atoms with E-state index in [1.165, 1.54) is 18.2 Å². The Hall–Kier alpha value is -1.82. The van der Waals surface area contributed by atoms with Crippen LogP contribution < -0.4 is 5.32 Å². The van der Waals surface area contributed by atoms with Gasteiger partial charge >= 0.3 is 6.03 Å². The lowest BCUT2D eigenvalue weighted by molar-refractivity contribution is -0.384. The Morgan fingerprint density at radius 2 is 2.00 bits per heavy atom. The third kappa shape index (κ3) is 3.35. The number of hydrogen-bond acceptors (Lipinski definition) is 3. The molecule has 1 aromatic rings. The topological polar surface area (TPSA) is 75.5 Å². The second-order valence-electron chi connectivity index (χ2n) is 4.40. The Morgan fingerprint density at radius 3 is 2.63 bits per heavy atom. The van der Waals surface area contributed by atoms with E-state index in [9.17, 15) is 14.9 Å². The van der Waals surface area contributed by atoms with Crippen LogP contribution in [0, 0.1) is 10.1 Å². The summed E-state index contributed by atoms with van der Waals surface area (Å²) in [6.45, 7) is 1.41. The van der Waals surface area contributed by atoms with Crippen molar-refractivity contribution in [3.8, 4) is 0 Å². The Balaban J connectivity index is 2.11. The summed E-state index contributed by atoms with van der Waals surface area (Å²) in [5.74, 6) is 0. The Bertz CT molecular complexity index is 501. The molecule has 0 atom stereocenters. The van der Waals surface area contributed by atoms with Crippen molar-refractivity contribution in [3.05, 3.63) is 33.3 Å². The number of halogens is 1. The molecule has 1 aliphatic heterocycles. The number of nitro groups is 1. The highest BCUT2D eigenvalue weighted by Crippen LogP contribution is 2.27. The summed E-state index contributed by atoms with van der Waals surface area (Å²) in [6, 6.07) is 3.72. The first-order valence-electron chi connectivity index (χ1n) is 6.08. The largest absolute Gasteiger partial charge is 0.325 e. The van der Waals surface area contributed by atoms with Gasteiger partial charge in [-0.3, -0.25) is 10.1 Å². The maximum Gasteiger partial charge on any atom is 0.321 e. The lowest BCUT2D eigenvalue weighted by atomic mass is 10.1. The zero-order valence-electron chi connectivity index (χ0n) is 10.3. The Morgan fingerprint density at radius 1 is 1.32 bits per heavy atom. The van der Waals surface area contributed by atoms with Crippen molar-refractivity contribution in [2.75, 3.05) is 18.4 Å². The fraction of sp³-hybridized carbons (Fsp3) is 0.417. The van der Waals surface area contributed by atoms with Crippen LogP contribution in [0.3, 0.4) is 0 Å². The number of amides is 2. The minimum atomic E-state index is -0.521. The van der Waals surface area contributed by atoms with Gasteiger partial charge in [-0.15, -0.1) is 0 Å². The SMILES string of the molecule is O=C(Nc1cc([N+](=O)[O-])ccc1Cl)N1CCCCC1. The summed E-state index contributed by atoms with van der Waals surface area (Å²) in [4.78, 5) is 23.9. The minimum absolute atomic E-state index is 0.0988. The van der Waals surface area contributed by atoms with Crippen molar-refractivity contribution >= 4 is 29.0 Å². The van der Waals surface area contributed by atoms with Crippen LogP contribution in [0.15, 0.2) is 18.2 Å². The number of nitro benzene ring substituents is 1. The van der Waals surface area contributed by atoms with Crippen LogP contribution in [-0.4, -0.2) is 28.9 Å². The number of anilines is 1. The normalized spacial score (nSPS) is 15.1. The molecule has 6 nitrogen and oxygen atoms in total. The molecule has 2 amide bonds. The number of nitrogens with zero attached hydrogens (tertiary/aromatic N) is 2. The van der Waals surface area contributed by atoms with Gasteiger partial charge in [0.05, 0.1) is 15.6 Å². The van der Waals surface area contributed by atoms with E-state index in [1.54, 1.807) is 4.90 Å². The molecule has 19 heavy (non-hydrogen) atoms. The summed E-state index contributed by atoms with van der Waals surface area (Å²) in [6.07, 6.45) is 3.09. The minimum Gasteiger partial charge on any atom is -0.325 e. The summed E-state index contributed by atoms with van der Waals surface area (Å²) in [5.41, 5.74) is 0.171. The number of carbonyl (C=O) groups is 1. The monoisotopic (exact) mass is 283 g/mol. The van der Waals surface area contributed by atoms with Crippen molar-refractivity contribution in [2.24, 2.45) is 0 Å². The highest BCUT2D eigenvalue weighted by Gasteiger charge is 2.18. The van der Waals surface area contributed by atoms with E-state index in [2.05, 4.69) is 5.32 Å². The van der Waals surface area contributed by atoms with E-state index in [0.717, 1.165) is 19.3 Å². The number of non-ortho nitro benzene ring substituents is 1. The molecule has 2 rings (SSSR count). The number of likely N-dealkylation sites (tertiary alicyclic amines) is 1. The van der Waals surface area contributed by atoms with Crippen molar-refractivity contribution in [3.63, 3.8) is 0 Å². The smallest absolute Gasteiger partial charge is 0.321 e. The van der Waals surface area contributed by atoms with E-state index >= 15 is 0 Å². The fourth-order valence-electron chi connectivity index (χ4n) is 2.01. The summed E-state index contributed by atoms with van der Waals surface area (Å²) < 4.78 is 0. The molecule has 0 saturated carbocycles. The van der Waals surface area contributed by atoms with Crippen molar-refractivity contribution in [2.45, 2.75) is 19.3 Å². The first kappa shape index (κ1) is 13.6. The number of piperidine rings is 1. The Kier molecular flexibility index (Phi) is 4.21. The molecule has 102 valence electrons. The second-order valence-corrected chi connectivity index (χ2v) is 4.81. The average Bonchev–Trinajstić information content (AvgIpc) is 2.42. The number of benzene rings is 1. The zero-order valence-corrected chi connectivity index (χ0v) is 11.0.